The van der Waals surface area contributed by atoms with Crippen molar-refractivity contribution >= 4 is 11.6 Å². The molecule has 3 aromatic rings. The highest BCUT2D eigenvalue weighted by atomic mass is 16.5. The van der Waals surface area contributed by atoms with Gasteiger partial charge in [0.1, 0.15) is 6.04 Å². The van der Waals surface area contributed by atoms with E-state index in [1.165, 1.54) is 0 Å². The summed E-state index contributed by atoms with van der Waals surface area (Å²) in [5.41, 5.74) is 3.89. The number of rotatable bonds is 3. The minimum atomic E-state index is -0.239. The summed E-state index contributed by atoms with van der Waals surface area (Å²) in [6.45, 7) is 1.60. The molecule has 1 aliphatic heterocycles. The summed E-state index contributed by atoms with van der Waals surface area (Å²) >= 11 is 0. The number of aromatic nitrogens is 1. The molecule has 0 saturated heterocycles. The molecule has 0 spiro atoms. The molecule has 5 nitrogen and oxygen atoms in total. The Morgan fingerprint density at radius 3 is 2.35 bits per heavy atom. The van der Waals surface area contributed by atoms with Gasteiger partial charge in [-0.15, -0.1) is 0 Å². The van der Waals surface area contributed by atoms with Gasteiger partial charge in [-0.1, -0.05) is 18.2 Å². The monoisotopic (exact) mass is 348 g/mol. The van der Waals surface area contributed by atoms with E-state index in [0.29, 0.717) is 11.5 Å². The number of benzene rings is 2. The molecule has 2 aromatic carbocycles. The van der Waals surface area contributed by atoms with Crippen molar-refractivity contribution in [3.8, 4) is 17.2 Å². The fourth-order valence-electron chi connectivity index (χ4n) is 3.67. The van der Waals surface area contributed by atoms with E-state index in [4.69, 9.17) is 9.47 Å². The van der Waals surface area contributed by atoms with Gasteiger partial charge in [0, 0.05) is 13.1 Å². The van der Waals surface area contributed by atoms with E-state index < -0.39 is 0 Å². The molecule has 0 N–H and O–H groups in total. The maximum Gasteiger partial charge on any atom is 0.224 e. The summed E-state index contributed by atoms with van der Waals surface area (Å²) in [5, 5.41) is 0. The highest BCUT2D eigenvalue weighted by Gasteiger charge is 2.34. The lowest BCUT2D eigenvalue weighted by atomic mass is 9.97. The zero-order valence-electron chi connectivity index (χ0n) is 15.0. The van der Waals surface area contributed by atoms with Crippen LogP contribution in [0.5, 0.6) is 11.5 Å². The first kappa shape index (κ1) is 16.3. The topological polar surface area (TPSA) is 43.7 Å². The minimum Gasteiger partial charge on any atom is -0.493 e. The Morgan fingerprint density at radius 2 is 1.65 bits per heavy atom. The third-order valence-electron chi connectivity index (χ3n) is 4.78. The number of amides is 1. The van der Waals surface area contributed by atoms with E-state index in [0.717, 1.165) is 22.6 Å². The van der Waals surface area contributed by atoms with Crippen LogP contribution in [0.3, 0.4) is 0 Å². The molecule has 1 aliphatic rings. The standard InChI is InChI=1S/C21H20N2O3/c1-14(24)23-17-8-5-4-7-16(17)22-12-6-9-18(22)21(23)15-10-11-19(25-2)20(13-15)26-3/h4-13,21H,1-3H3. The number of anilines is 1. The van der Waals surface area contributed by atoms with Gasteiger partial charge >= 0.3 is 0 Å². The molecule has 26 heavy (non-hydrogen) atoms. The van der Waals surface area contributed by atoms with Gasteiger partial charge in [0.2, 0.25) is 5.91 Å². The van der Waals surface area contributed by atoms with Gasteiger partial charge in [-0.25, -0.2) is 0 Å². The van der Waals surface area contributed by atoms with Gasteiger partial charge in [0.25, 0.3) is 0 Å². The fraction of sp³-hybridized carbons (Fsp3) is 0.190. The molecule has 132 valence electrons. The molecule has 0 bridgehead atoms. The van der Waals surface area contributed by atoms with Crippen LogP contribution in [-0.4, -0.2) is 24.7 Å². The van der Waals surface area contributed by atoms with E-state index in [1.54, 1.807) is 21.1 Å². The molecule has 0 radical (unpaired) electrons. The average Bonchev–Trinajstić information content (AvgIpc) is 3.16. The minimum absolute atomic E-state index is 0.00955. The molecular weight excluding hydrogens is 328 g/mol. The van der Waals surface area contributed by atoms with E-state index in [1.807, 2.05) is 65.7 Å². The van der Waals surface area contributed by atoms with Crippen LogP contribution >= 0.6 is 0 Å². The Labute approximate surface area is 152 Å². The van der Waals surface area contributed by atoms with Gasteiger partial charge in [-0.2, -0.15) is 0 Å². The number of para-hydroxylation sites is 2. The molecular formula is C21H20N2O3. The van der Waals surface area contributed by atoms with Crippen molar-refractivity contribution in [3.05, 3.63) is 72.1 Å². The summed E-state index contributed by atoms with van der Waals surface area (Å²) in [5.74, 6) is 1.30. The number of carbonyl (C=O) groups is 1. The second kappa shape index (κ2) is 6.26. The van der Waals surface area contributed by atoms with Crippen molar-refractivity contribution < 1.29 is 14.3 Å². The lowest BCUT2D eigenvalue weighted by molar-refractivity contribution is -0.117. The Kier molecular flexibility index (Phi) is 3.92. The third-order valence-corrected chi connectivity index (χ3v) is 4.78. The number of methoxy groups -OCH3 is 2. The summed E-state index contributed by atoms with van der Waals surface area (Å²) in [7, 11) is 3.23. The zero-order chi connectivity index (χ0) is 18.3. The maximum absolute atomic E-state index is 12.6. The van der Waals surface area contributed by atoms with Crippen LogP contribution in [0.25, 0.3) is 5.69 Å². The van der Waals surface area contributed by atoms with Crippen LogP contribution in [0.4, 0.5) is 5.69 Å². The van der Waals surface area contributed by atoms with Crippen molar-refractivity contribution in [2.24, 2.45) is 0 Å². The van der Waals surface area contributed by atoms with E-state index >= 15 is 0 Å². The second-order valence-electron chi connectivity index (χ2n) is 6.20. The fourth-order valence-corrected chi connectivity index (χ4v) is 3.67. The van der Waals surface area contributed by atoms with Crippen LogP contribution in [0, 0.1) is 0 Å². The molecule has 4 rings (SSSR count). The number of ether oxygens (including phenoxy) is 2. The first-order valence-corrected chi connectivity index (χ1v) is 8.44. The second-order valence-corrected chi connectivity index (χ2v) is 6.20. The van der Waals surface area contributed by atoms with Crippen LogP contribution in [0.15, 0.2) is 60.8 Å². The van der Waals surface area contributed by atoms with Crippen LogP contribution in [0.1, 0.15) is 24.2 Å². The normalized spacial score (nSPS) is 15.2. The average molecular weight is 348 g/mol. The van der Waals surface area contributed by atoms with Crippen molar-refractivity contribution in [2.45, 2.75) is 13.0 Å². The number of hydrogen-bond acceptors (Lipinski definition) is 3. The van der Waals surface area contributed by atoms with Crippen molar-refractivity contribution in [1.29, 1.82) is 0 Å². The Bertz CT molecular complexity index is 977. The van der Waals surface area contributed by atoms with Gasteiger partial charge in [0.15, 0.2) is 11.5 Å². The Morgan fingerprint density at radius 1 is 0.923 bits per heavy atom. The first-order valence-electron chi connectivity index (χ1n) is 8.44. The van der Waals surface area contributed by atoms with E-state index in [-0.39, 0.29) is 11.9 Å². The van der Waals surface area contributed by atoms with Crippen LogP contribution < -0.4 is 14.4 Å². The lowest BCUT2D eigenvalue weighted by Crippen LogP contribution is -2.38. The Hall–Kier alpha value is -3.21. The molecule has 0 saturated carbocycles. The SMILES string of the molecule is COc1ccc(C2c3cccn3-c3ccccc3N2C(C)=O)cc1OC. The maximum atomic E-state index is 12.6. The summed E-state index contributed by atoms with van der Waals surface area (Å²) in [6, 6.07) is 17.5. The van der Waals surface area contributed by atoms with Gasteiger partial charge < -0.3 is 14.0 Å². The number of fused-ring (bicyclic) bond motifs is 3. The molecule has 1 atom stereocenters. The molecule has 0 fully saturated rings. The molecule has 1 amide bonds. The number of nitrogens with zero attached hydrogens (tertiary/aromatic N) is 2. The predicted molar refractivity (Wildman–Crippen MR) is 100 cm³/mol. The summed E-state index contributed by atoms with van der Waals surface area (Å²) in [4.78, 5) is 14.5. The van der Waals surface area contributed by atoms with Gasteiger partial charge in [-0.05, 0) is 42.0 Å². The molecule has 5 heteroatoms. The molecule has 1 aromatic heterocycles. The zero-order valence-corrected chi connectivity index (χ0v) is 15.0. The third kappa shape index (κ3) is 2.36. The van der Waals surface area contributed by atoms with Crippen molar-refractivity contribution in [1.82, 2.24) is 4.57 Å². The quantitative estimate of drug-likeness (QED) is 0.720. The van der Waals surface area contributed by atoms with Gasteiger partial charge in [0.05, 0.1) is 31.3 Å². The lowest BCUT2D eigenvalue weighted by Gasteiger charge is -2.38. The molecule has 1 unspecified atom stereocenters. The van der Waals surface area contributed by atoms with Crippen LogP contribution in [-0.2, 0) is 4.79 Å². The van der Waals surface area contributed by atoms with Gasteiger partial charge in [-0.3, -0.25) is 9.69 Å². The van der Waals surface area contributed by atoms with E-state index in [2.05, 4.69) is 4.57 Å². The highest BCUT2D eigenvalue weighted by molar-refractivity contribution is 5.96. The highest BCUT2D eigenvalue weighted by Crippen LogP contribution is 2.43. The molecule has 2 heterocycles. The number of carbonyl (C=O) groups excluding carboxylic acids is 1. The largest absolute Gasteiger partial charge is 0.493 e. The summed E-state index contributed by atoms with van der Waals surface area (Å²) < 4.78 is 13.0. The van der Waals surface area contributed by atoms with E-state index in [9.17, 15) is 4.79 Å². The summed E-state index contributed by atoms with van der Waals surface area (Å²) in [6.07, 6.45) is 2.03. The smallest absolute Gasteiger partial charge is 0.224 e. The van der Waals surface area contributed by atoms with Crippen molar-refractivity contribution in [2.75, 3.05) is 19.1 Å². The number of hydrogen-bond donors (Lipinski definition) is 0. The van der Waals surface area contributed by atoms with Crippen LogP contribution in [0.2, 0.25) is 0 Å². The van der Waals surface area contributed by atoms with Crippen molar-refractivity contribution in [3.63, 3.8) is 0 Å². The Balaban J connectivity index is 1.95. The molecule has 0 aliphatic carbocycles. The predicted octanol–water partition coefficient (Wildman–Crippen LogP) is 3.95. The first-order chi connectivity index (χ1) is 12.7.